The van der Waals surface area contributed by atoms with E-state index in [1.807, 2.05) is 0 Å². The van der Waals surface area contributed by atoms with Crippen LogP contribution in [0.3, 0.4) is 0 Å². The van der Waals surface area contributed by atoms with Gasteiger partial charge in [0.1, 0.15) is 11.6 Å². The van der Waals surface area contributed by atoms with Crippen LogP contribution in [-0.4, -0.2) is 22.6 Å². The van der Waals surface area contributed by atoms with Gasteiger partial charge in [0, 0.05) is 12.6 Å². The van der Waals surface area contributed by atoms with Crippen molar-refractivity contribution in [1.82, 2.24) is 15.5 Å². The van der Waals surface area contributed by atoms with Gasteiger partial charge in [-0.15, -0.1) is 16.8 Å². The van der Waals surface area contributed by atoms with E-state index in [-0.39, 0.29) is 23.1 Å². The minimum atomic E-state index is -0.746. The first kappa shape index (κ1) is 14.6. The summed E-state index contributed by atoms with van der Waals surface area (Å²) in [6, 6.07) is 6.04. The van der Waals surface area contributed by atoms with Crippen molar-refractivity contribution in [2.24, 2.45) is 0 Å². The number of amides is 1. The zero-order valence-corrected chi connectivity index (χ0v) is 10.9. The first-order valence-corrected chi connectivity index (χ1v) is 6.05. The summed E-state index contributed by atoms with van der Waals surface area (Å²) >= 11 is 0. The molecule has 0 bridgehead atoms. The van der Waals surface area contributed by atoms with Crippen molar-refractivity contribution in [3.63, 3.8) is 0 Å². The number of anilines is 2. The second kappa shape index (κ2) is 6.56. The maximum atomic E-state index is 13.5. The molecule has 0 saturated carbocycles. The molecule has 0 radical (unpaired) electrons. The Balaban J connectivity index is 2.08. The van der Waals surface area contributed by atoms with Crippen molar-refractivity contribution in [2.75, 3.05) is 11.9 Å². The maximum Gasteiger partial charge on any atom is 0.272 e. The molecule has 1 aromatic carbocycles. The number of hydrogen-bond donors (Lipinski definition) is 2. The van der Waals surface area contributed by atoms with E-state index in [0.717, 1.165) is 12.1 Å². The van der Waals surface area contributed by atoms with E-state index in [4.69, 9.17) is 0 Å². The van der Waals surface area contributed by atoms with Crippen LogP contribution in [0, 0.1) is 11.6 Å². The minimum Gasteiger partial charge on any atom is -0.347 e. The summed E-state index contributed by atoms with van der Waals surface area (Å²) in [7, 11) is 0. The number of hydrogen-bond acceptors (Lipinski definition) is 4. The highest BCUT2D eigenvalue weighted by Crippen LogP contribution is 2.18. The lowest BCUT2D eigenvalue weighted by Gasteiger charge is -2.06. The summed E-state index contributed by atoms with van der Waals surface area (Å²) in [4.78, 5) is 11.6. The molecule has 2 N–H and O–H groups in total. The van der Waals surface area contributed by atoms with Crippen LogP contribution in [-0.2, 0) is 0 Å². The van der Waals surface area contributed by atoms with Gasteiger partial charge in [-0.3, -0.25) is 4.79 Å². The third kappa shape index (κ3) is 3.82. The molecule has 5 nitrogen and oxygen atoms in total. The Hall–Kier alpha value is -2.83. The van der Waals surface area contributed by atoms with E-state index >= 15 is 0 Å². The van der Waals surface area contributed by atoms with Crippen LogP contribution in [0.5, 0.6) is 0 Å². The fourth-order valence-electron chi connectivity index (χ4n) is 1.50. The fraction of sp³-hybridized carbons (Fsp3) is 0.0714. The molecule has 108 valence electrons. The van der Waals surface area contributed by atoms with Crippen molar-refractivity contribution < 1.29 is 13.6 Å². The number of nitrogens with zero attached hydrogens (tertiary/aromatic N) is 2. The van der Waals surface area contributed by atoms with E-state index in [1.165, 1.54) is 18.2 Å². The Bertz CT molecular complexity index is 659. The topological polar surface area (TPSA) is 66.9 Å². The molecule has 0 unspecified atom stereocenters. The molecule has 21 heavy (non-hydrogen) atoms. The Morgan fingerprint density at radius 2 is 2.05 bits per heavy atom. The SMILES string of the molecule is C=CCNC(=O)c1ccc(Nc2ccc(F)cc2F)nn1. The molecular formula is C14H12F2N4O. The first-order chi connectivity index (χ1) is 10.1. The number of rotatable bonds is 5. The Morgan fingerprint density at radius 1 is 1.24 bits per heavy atom. The van der Waals surface area contributed by atoms with Gasteiger partial charge in [0.25, 0.3) is 5.91 Å². The molecule has 2 aromatic rings. The van der Waals surface area contributed by atoms with Gasteiger partial charge in [0.2, 0.25) is 0 Å². The maximum absolute atomic E-state index is 13.5. The predicted molar refractivity (Wildman–Crippen MR) is 74.2 cm³/mol. The summed E-state index contributed by atoms with van der Waals surface area (Å²) in [5.74, 6) is -1.56. The molecule has 0 saturated heterocycles. The standard InChI is InChI=1S/C14H12F2N4O/c1-2-7-17-14(21)12-5-6-13(20-19-12)18-11-4-3-9(15)8-10(11)16/h2-6,8H,1,7H2,(H,17,21)(H,18,20). The van der Waals surface area contributed by atoms with Gasteiger partial charge >= 0.3 is 0 Å². The molecule has 1 amide bonds. The molecule has 0 aliphatic heterocycles. The number of nitrogens with one attached hydrogen (secondary N) is 2. The van der Waals surface area contributed by atoms with Gasteiger partial charge in [0.15, 0.2) is 11.5 Å². The summed E-state index contributed by atoms with van der Waals surface area (Å²) in [6.45, 7) is 3.80. The van der Waals surface area contributed by atoms with E-state index in [9.17, 15) is 13.6 Å². The van der Waals surface area contributed by atoms with E-state index in [2.05, 4.69) is 27.4 Å². The molecule has 0 aliphatic carbocycles. The van der Waals surface area contributed by atoms with Crippen molar-refractivity contribution in [2.45, 2.75) is 0 Å². The predicted octanol–water partition coefficient (Wildman–Crippen LogP) is 2.41. The minimum absolute atomic E-state index is 0.0644. The summed E-state index contributed by atoms with van der Waals surface area (Å²) in [5.41, 5.74) is 0.191. The molecular weight excluding hydrogens is 278 g/mol. The van der Waals surface area contributed by atoms with Gasteiger partial charge in [-0.1, -0.05) is 6.08 Å². The highest BCUT2D eigenvalue weighted by Gasteiger charge is 2.08. The molecule has 0 spiro atoms. The highest BCUT2D eigenvalue weighted by molar-refractivity contribution is 5.92. The summed E-state index contributed by atoms with van der Waals surface area (Å²) in [6.07, 6.45) is 1.54. The number of carbonyl (C=O) groups is 1. The van der Waals surface area contributed by atoms with Gasteiger partial charge in [-0.05, 0) is 24.3 Å². The molecule has 1 heterocycles. The van der Waals surface area contributed by atoms with Crippen LogP contribution >= 0.6 is 0 Å². The lowest BCUT2D eigenvalue weighted by atomic mass is 10.3. The smallest absolute Gasteiger partial charge is 0.272 e. The van der Waals surface area contributed by atoms with E-state index in [0.29, 0.717) is 6.54 Å². The van der Waals surface area contributed by atoms with Crippen LogP contribution in [0.15, 0.2) is 43.0 Å². The quantitative estimate of drug-likeness (QED) is 0.830. The van der Waals surface area contributed by atoms with Crippen molar-refractivity contribution in [3.8, 4) is 0 Å². The number of halogens is 2. The summed E-state index contributed by atoms with van der Waals surface area (Å²) < 4.78 is 26.2. The molecule has 0 atom stereocenters. The second-order valence-corrected chi connectivity index (χ2v) is 4.05. The zero-order valence-electron chi connectivity index (χ0n) is 10.9. The first-order valence-electron chi connectivity index (χ1n) is 6.05. The van der Waals surface area contributed by atoms with Gasteiger partial charge in [0.05, 0.1) is 5.69 Å². The Kier molecular flexibility index (Phi) is 4.55. The lowest BCUT2D eigenvalue weighted by Crippen LogP contribution is -2.24. The molecule has 0 aliphatic rings. The van der Waals surface area contributed by atoms with Crippen molar-refractivity contribution in [3.05, 3.63) is 60.3 Å². The third-order valence-electron chi connectivity index (χ3n) is 2.50. The van der Waals surface area contributed by atoms with Gasteiger partial charge < -0.3 is 10.6 Å². The Labute approximate surface area is 119 Å². The molecule has 7 heteroatoms. The van der Waals surface area contributed by atoms with E-state index < -0.39 is 11.6 Å². The van der Waals surface area contributed by atoms with Gasteiger partial charge in [-0.2, -0.15) is 0 Å². The summed E-state index contributed by atoms with van der Waals surface area (Å²) in [5, 5.41) is 12.7. The van der Waals surface area contributed by atoms with Gasteiger partial charge in [-0.25, -0.2) is 8.78 Å². The molecule has 2 rings (SSSR count). The van der Waals surface area contributed by atoms with Crippen molar-refractivity contribution in [1.29, 1.82) is 0 Å². The average Bonchev–Trinajstić information content (AvgIpc) is 2.48. The lowest BCUT2D eigenvalue weighted by molar-refractivity contribution is 0.0952. The number of benzene rings is 1. The number of aromatic nitrogens is 2. The molecule has 0 fully saturated rings. The van der Waals surface area contributed by atoms with Crippen LogP contribution in [0.4, 0.5) is 20.3 Å². The average molecular weight is 290 g/mol. The van der Waals surface area contributed by atoms with Crippen molar-refractivity contribution >= 4 is 17.4 Å². The van der Waals surface area contributed by atoms with E-state index in [1.54, 1.807) is 6.08 Å². The van der Waals surface area contributed by atoms with Crippen LogP contribution in [0.1, 0.15) is 10.5 Å². The highest BCUT2D eigenvalue weighted by atomic mass is 19.1. The largest absolute Gasteiger partial charge is 0.347 e. The van der Waals surface area contributed by atoms with Crippen LogP contribution in [0.25, 0.3) is 0 Å². The molecule has 1 aromatic heterocycles. The fourth-order valence-corrected chi connectivity index (χ4v) is 1.50. The zero-order chi connectivity index (χ0) is 15.2. The normalized spacial score (nSPS) is 10.0. The second-order valence-electron chi connectivity index (χ2n) is 4.05. The van der Waals surface area contributed by atoms with Crippen LogP contribution < -0.4 is 10.6 Å². The van der Waals surface area contributed by atoms with Crippen LogP contribution in [0.2, 0.25) is 0 Å². The number of carbonyl (C=O) groups excluding carboxylic acids is 1. The monoisotopic (exact) mass is 290 g/mol. The Morgan fingerprint density at radius 3 is 2.67 bits per heavy atom. The third-order valence-corrected chi connectivity index (χ3v) is 2.50.